The fourth-order valence-electron chi connectivity index (χ4n) is 1.72. The molecule has 1 heterocycles. The standard InChI is InChI=1S/C15H21ClN2O6/c1-15(2,3)24-14(21)18-11(13(20)23-8-16)12(19)9-6-5-7-10(17-9)22-4/h5-7,11-12,19H,8H2,1-4H3,(H,18,21). The normalized spacial score (nSPS) is 13.6. The molecule has 0 saturated heterocycles. The molecule has 1 amide bonds. The van der Waals surface area contributed by atoms with Gasteiger partial charge in [-0.1, -0.05) is 17.7 Å². The second kappa shape index (κ2) is 8.70. The third-order valence-electron chi connectivity index (χ3n) is 2.70. The van der Waals surface area contributed by atoms with Crippen molar-refractivity contribution in [1.82, 2.24) is 10.3 Å². The zero-order chi connectivity index (χ0) is 18.3. The van der Waals surface area contributed by atoms with Crippen molar-refractivity contribution >= 4 is 23.7 Å². The second-order valence-electron chi connectivity index (χ2n) is 5.75. The molecule has 0 aliphatic rings. The van der Waals surface area contributed by atoms with Crippen LogP contribution >= 0.6 is 11.6 Å². The number of hydrogen-bond acceptors (Lipinski definition) is 7. The van der Waals surface area contributed by atoms with Gasteiger partial charge in [0.25, 0.3) is 0 Å². The van der Waals surface area contributed by atoms with E-state index in [1.807, 2.05) is 0 Å². The first-order valence-corrected chi connectivity index (χ1v) is 7.62. The van der Waals surface area contributed by atoms with E-state index in [2.05, 4.69) is 15.0 Å². The van der Waals surface area contributed by atoms with E-state index in [9.17, 15) is 14.7 Å². The Morgan fingerprint density at radius 2 is 2.04 bits per heavy atom. The third-order valence-corrected chi connectivity index (χ3v) is 2.81. The van der Waals surface area contributed by atoms with E-state index < -0.39 is 35.9 Å². The molecule has 0 fully saturated rings. The molecule has 0 aliphatic heterocycles. The highest BCUT2D eigenvalue weighted by atomic mass is 35.5. The summed E-state index contributed by atoms with van der Waals surface area (Å²) in [6.45, 7) is 5.00. The zero-order valence-corrected chi connectivity index (χ0v) is 14.7. The van der Waals surface area contributed by atoms with Gasteiger partial charge in [0.05, 0.1) is 12.8 Å². The summed E-state index contributed by atoms with van der Waals surface area (Å²) in [7, 11) is 1.41. The van der Waals surface area contributed by atoms with Crippen LogP contribution in [0.4, 0.5) is 4.79 Å². The monoisotopic (exact) mass is 360 g/mol. The number of halogens is 1. The molecular weight excluding hydrogens is 340 g/mol. The molecule has 8 nitrogen and oxygen atoms in total. The number of methoxy groups -OCH3 is 1. The van der Waals surface area contributed by atoms with Crippen LogP contribution in [0.1, 0.15) is 32.6 Å². The lowest BCUT2D eigenvalue weighted by molar-refractivity contribution is -0.147. The predicted octanol–water partition coefficient (Wildman–Crippen LogP) is 1.76. The van der Waals surface area contributed by atoms with Crippen molar-refractivity contribution in [3.05, 3.63) is 23.9 Å². The van der Waals surface area contributed by atoms with Crippen molar-refractivity contribution in [2.24, 2.45) is 0 Å². The Balaban J connectivity index is 2.99. The van der Waals surface area contributed by atoms with E-state index in [1.54, 1.807) is 32.9 Å². The third kappa shape index (κ3) is 6.21. The second-order valence-corrected chi connectivity index (χ2v) is 5.96. The maximum atomic E-state index is 12.0. The molecule has 9 heteroatoms. The molecule has 2 unspecified atom stereocenters. The Morgan fingerprint density at radius 1 is 1.38 bits per heavy atom. The van der Waals surface area contributed by atoms with Crippen molar-refractivity contribution in [3.8, 4) is 5.88 Å². The number of carbonyl (C=O) groups is 2. The van der Waals surface area contributed by atoms with Crippen LogP contribution in [0.25, 0.3) is 0 Å². The average Bonchev–Trinajstić information content (AvgIpc) is 2.50. The quantitative estimate of drug-likeness (QED) is 0.587. The number of alkyl halides is 1. The molecule has 0 radical (unpaired) electrons. The number of ether oxygens (including phenoxy) is 3. The highest BCUT2D eigenvalue weighted by molar-refractivity contribution is 6.17. The topological polar surface area (TPSA) is 107 Å². The van der Waals surface area contributed by atoms with Gasteiger partial charge in [0.2, 0.25) is 5.88 Å². The van der Waals surface area contributed by atoms with Crippen LogP contribution in [0, 0.1) is 0 Å². The molecule has 134 valence electrons. The van der Waals surface area contributed by atoms with Crippen LogP contribution < -0.4 is 10.1 Å². The number of nitrogens with zero attached hydrogens (tertiary/aromatic N) is 1. The molecule has 0 saturated carbocycles. The van der Waals surface area contributed by atoms with E-state index in [0.717, 1.165) is 0 Å². The van der Waals surface area contributed by atoms with E-state index in [4.69, 9.17) is 21.1 Å². The van der Waals surface area contributed by atoms with Gasteiger partial charge in [0, 0.05) is 6.07 Å². The Kier molecular flexibility index (Phi) is 7.24. The summed E-state index contributed by atoms with van der Waals surface area (Å²) in [5.74, 6) is -0.679. The molecule has 2 N–H and O–H groups in total. The van der Waals surface area contributed by atoms with E-state index in [-0.39, 0.29) is 11.6 Å². The number of rotatable bonds is 6. The molecule has 1 aromatic heterocycles. The summed E-state index contributed by atoms with van der Waals surface area (Å²) >= 11 is 5.38. The van der Waals surface area contributed by atoms with Gasteiger partial charge in [0.15, 0.2) is 12.1 Å². The summed E-state index contributed by atoms with van der Waals surface area (Å²) in [4.78, 5) is 28.0. The minimum atomic E-state index is -1.48. The molecule has 0 bridgehead atoms. The molecular formula is C15H21ClN2O6. The van der Waals surface area contributed by atoms with Gasteiger partial charge >= 0.3 is 12.1 Å². The molecule has 24 heavy (non-hydrogen) atoms. The number of pyridine rings is 1. The van der Waals surface area contributed by atoms with Crippen LogP contribution in [0.15, 0.2) is 18.2 Å². The van der Waals surface area contributed by atoms with Crippen LogP contribution in [0.5, 0.6) is 5.88 Å². The van der Waals surface area contributed by atoms with E-state index in [1.165, 1.54) is 13.2 Å². The van der Waals surface area contributed by atoms with Crippen LogP contribution in [-0.2, 0) is 14.3 Å². The molecule has 1 rings (SSSR count). The summed E-state index contributed by atoms with van der Waals surface area (Å²) < 4.78 is 14.7. The zero-order valence-electron chi connectivity index (χ0n) is 13.9. The number of esters is 1. The number of aliphatic hydroxyl groups is 1. The van der Waals surface area contributed by atoms with Gasteiger partial charge in [-0.2, -0.15) is 0 Å². The van der Waals surface area contributed by atoms with Crippen molar-refractivity contribution in [3.63, 3.8) is 0 Å². The number of alkyl carbamates (subject to hydrolysis) is 1. The molecule has 1 aromatic rings. The van der Waals surface area contributed by atoms with E-state index in [0.29, 0.717) is 0 Å². The summed E-state index contributed by atoms with van der Waals surface area (Å²) in [6.07, 6.45) is -2.37. The first-order chi connectivity index (χ1) is 11.2. The molecule has 0 aromatic carbocycles. The number of carbonyl (C=O) groups excluding carboxylic acids is 2. The summed E-state index contributed by atoms with van der Waals surface area (Å²) in [5, 5.41) is 12.7. The molecule has 2 atom stereocenters. The maximum absolute atomic E-state index is 12.0. The SMILES string of the molecule is COc1cccc(C(O)C(NC(=O)OC(C)(C)C)C(=O)OCCl)n1. The molecule has 0 aliphatic carbocycles. The van der Waals surface area contributed by atoms with Gasteiger partial charge in [-0.15, -0.1) is 0 Å². The van der Waals surface area contributed by atoms with Crippen molar-refractivity contribution in [2.75, 3.05) is 13.2 Å². The smallest absolute Gasteiger partial charge is 0.408 e. The van der Waals surface area contributed by atoms with Crippen molar-refractivity contribution in [2.45, 2.75) is 38.5 Å². The Morgan fingerprint density at radius 3 is 2.58 bits per heavy atom. The largest absolute Gasteiger partial charge is 0.481 e. The summed E-state index contributed by atoms with van der Waals surface area (Å²) in [6, 6.07) is 2.76. The lowest BCUT2D eigenvalue weighted by Gasteiger charge is -2.25. The van der Waals surface area contributed by atoms with Gasteiger partial charge in [-0.25, -0.2) is 14.6 Å². The number of nitrogens with one attached hydrogen (secondary N) is 1. The van der Waals surface area contributed by atoms with Gasteiger partial charge in [0.1, 0.15) is 11.7 Å². The fourth-order valence-corrected chi connectivity index (χ4v) is 1.83. The first kappa shape index (κ1) is 20.0. The number of aliphatic hydroxyl groups excluding tert-OH is 1. The van der Waals surface area contributed by atoms with Gasteiger partial charge < -0.3 is 24.6 Å². The van der Waals surface area contributed by atoms with Crippen LogP contribution in [0.2, 0.25) is 0 Å². The number of aromatic nitrogens is 1. The highest BCUT2D eigenvalue weighted by Gasteiger charge is 2.33. The minimum absolute atomic E-state index is 0.113. The van der Waals surface area contributed by atoms with Crippen molar-refractivity contribution < 1.29 is 28.9 Å². The molecule has 0 spiro atoms. The van der Waals surface area contributed by atoms with Gasteiger partial charge in [-0.05, 0) is 26.8 Å². The highest BCUT2D eigenvalue weighted by Crippen LogP contribution is 2.19. The van der Waals surface area contributed by atoms with E-state index >= 15 is 0 Å². The lowest BCUT2D eigenvalue weighted by Crippen LogP contribution is -2.47. The number of amides is 1. The first-order valence-electron chi connectivity index (χ1n) is 7.09. The predicted molar refractivity (Wildman–Crippen MR) is 85.7 cm³/mol. The Bertz CT molecular complexity index is 575. The summed E-state index contributed by atoms with van der Waals surface area (Å²) in [5.41, 5.74) is -0.661. The van der Waals surface area contributed by atoms with Gasteiger partial charge in [-0.3, -0.25) is 0 Å². The minimum Gasteiger partial charge on any atom is -0.481 e. The average molecular weight is 361 g/mol. The lowest BCUT2D eigenvalue weighted by atomic mass is 10.1. The van der Waals surface area contributed by atoms with Crippen molar-refractivity contribution in [1.29, 1.82) is 0 Å². The van der Waals surface area contributed by atoms with Crippen LogP contribution in [-0.4, -0.2) is 47.0 Å². The number of hydrogen-bond donors (Lipinski definition) is 2. The van der Waals surface area contributed by atoms with Crippen LogP contribution in [0.3, 0.4) is 0 Å². The Hall–Kier alpha value is -2.06. The maximum Gasteiger partial charge on any atom is 0.408 e. The Labute approximate surface area is 145 Å². The fraction of sp³-hybridized carbons (Fsp3) is 0.533.